The van der Waals surface area contributed by atoms with Gasteiger partial charge in [0.25, 0.3) is 5.56 Å². The van der Waals surface area contributed by atoms with Crippen molar-refractivity contribution in [1.82, 2.24) is 14.9 Å². The Morgan fingerprint density at radius 1 is 1.53 bits per heavy atom. The predicted octanol–water partition coefficient (Wildman–Crippen LogP) is 1.97. The molecule has 0 spiro atoms. The molecule has 19 heavy (non-hydrogen) atoms. The second-order valence-electron chi connectivity index (χ2n) is 5.18. The van der Waals surface area contributed by atoms with Gasteiger partial charge in [-0.25, -0.2) is 4.98 Å². The Morgan fingerprint density at radius 3 is 3.11 bits per heavy atom. The van der Waals surface area contributed by atoms with Crippen LogP contribution in [0.25, 0.3) is 10.9 Å². The molecule has 1 aliphatic heterocycles. The van der Waals surface area contributed by atoms with Crippen LogP contribution in [0.2, 0.25) is 5.28 Å². The van der Waals surface area contributed by atoms with Crippen LogP contribution < -0.4 is 10.9 Å². The molecule has 5 heteroatoms. The summed E-state index contributed by atoms with van der Waals surface area (Å²) >= 11 is 6.17. The summed E-state index contributed by atoms with van der Waals surface area (Å²) in [6, 6.07) is 5.66. The Kier molecular flexibility index (Phi) is 3.29. The van der Waals surface area contributed by atoms with E-state index in [1.807, 2.05) is 25.1 Å². The minimum absolute atomic E-state index is 0.0399. The molecule has 1 atom stereocenters. The maximum atomic E-state index is 12.5. The van der Waals surface area contributed by atoms with Crippen molar-refractivity contribution in [3.8, 4) is 0 Å². The van der Waals surface area contributed by atoms with Gasteiger partial charge < -0.3 is 5.32 Å². The minimum Gasteiger partial charge on any atom is -0.316 e. The highest BCUT2D eigenvalue weighted by Gasteiger charge is 2.18. The molecule has 2 aromatic rings. The summed E-state index contributed by atoms with van der Waals surface area (Å²) in [7, 11) is 0. The largest absolute Gasteiger partial charge is 0.316 e. The standard InChI is InChI=1S/C14H16ClN3O/c1-9-2-3-11-12(6-9)17-14(15)18(13(11)19)8-10-4-5-16-7-10/h2-3,6,10,16H,4-5,7-8H2,1H3. The molecule has 1 aromatic heterocycles. The molecule has 4 nitrogen and oxygen atoms in total. The molecule has 0 radical (unpaired) electrons. The normalized spacial score (nSPS) is 19.2. The third-order valence-electron chi connectivity index (χ3n) is 3.67. The topological polar surface area (TPSA) is 46.9 Å². The summed E-state index contributed by atoms with van der Waals surface area (Å²) in [5.74, 6) is 0.458. The maximum absolute atomic E-state index is 12.5. The molecule has 1 fully saturated rings. The summed E-state index contributed by atoms with van der Waals surface area (Å²) in [5, 5.41) is 4.22. The van der Waals surface area contributed by atoms with Gasteiger partial charge in [-0.05, 0) is 61.6 Å². The predicted molar refractivity (Wildman–Crippen MR) is 76.7 cm³/mol. The highest BCUT2D eigenvalue weighted by atomic mass is 35.5. The lowest BCUT2D eigenvalue weighted by atomic mass is 10.1. The molecule has 1 N–H and O–H groups in total. The first-order valence-electron chi connectivity index (χ1n) is 6.52. The number of hydrogen-bond acceptors (Lipinski definition) is 3. The fraction of sp³-hybridized carbons (Fsp3) is 0.429. The highest BCUT2D eigenvalue weighted by molar-refractivity contribution is 6.28. The van der Waals surface area contributed by atoms with Crippen LogP contribution in [-0.4, -0.2) is 22.6 Å². The number of rotatable bonds is 2. The van der Waals surface area contributed by atoms with Gasteiger partial charge in [-0.15, -0.1) is 0 Å². The minimum atomic E-state index is -0.0399. The third-order valence-corrected chi connectivity index (χ3v) is 3.96. The maximum Gasteiger partial charge on any atom is 0.262 e. The number of halogens is 1. The summed E-state index contributed by atoms with van der Waals surface area (Å²) in [6.45, 7) is 4.57. The fourth-order valence-electron chi connectivity index (χ4n) is 2.59. The molecule has 1 saturated heterocycles. The van der Waals surface area contributed by atoms with Crippen molar-refractivity contribution >= 4 is 22.5 Å². The lowest BCUT2D eigenvalue weighted by molar-refractivity contribution is 0.470. The van der Waals surface area contributed by atoms with Gasteiger partial charge in [-0.3, -0.25) is 9.36 Å². The first kappa shape index (κ1) is 12.6. The van der Waals surface area contributed by atoms with E-state index in [1.54, 1.807) is 4.57 Å². The van der Waals surface area contributed by atoms with Gasteiger partial charge in [0.05, 0.1) is 10.9 Å². The molecule has 1 aromatic carbocycles. The summed E-state index contributed by atoms with van der Waals surface area (Å²) in [5.41, 5.74) is 1.71. The zero-order valence-electron chi connectivity index (χ0n) is 10.8. The number of hydrogen-bond donors (Lipinski definition) is 1. The lowest BCUT2D eigenvalue weighted by Crippen LogP contribution is -2.26. The van der Waals surface area contributed by atoms with Gasteiger partial charge in [0.1, 0.15) is 0 Å². The zero-order chi connectivity index (χ0) is 13.4. The molecule has 1 aliphatic rings. The smallest absolute Gasteiger partial charge is 0.262 e. The molecule has 2 heterocycles. The van der Waals surface area contributed by atoms with E-state index in [2.05, 4.69) is 10.3 Å². The molecule has 0 aliphatic carbocycles. The van der Waals surface area contributed by atoms with Crippen molar-refractivity contribution in [2.75, 3.05) is 13.1 Å². The van der Waals surface area contributed by atoms with Crippen LogP contribution in [0.15, 0.2) is 23.0 Å². The Hall–Kier alpha value is -1.39. The van der Waals surface area contributed by atoms with E-state index in [0.717, 1.165) is 25.1 Å². The van der Waals surface area contributed by atoms with Crippen molar-refractivity contribution < 1.29 is 0 Å². The van der Waals surface area contributed by atoms with Crippen molar-refractivity contribution in [1.29, 1.82) is 0 Å². The van der Waals surface area contributed by atoms with Gasteiger partial charge >= 0.3 is 0 Å². The lowest BCUT2D eigenvalue weighted by Gasteiger charge is -2.13. The van der Waals surface area contributed by atoms with Crippen molar-refractivity contribution in [2.45, 2.75) is 19.9 Å². The number of aromatic nitrogens is 2. The van der Waals surface area contributed by atoms with E-state index in [0.29, 0.717) is 23.4 Å². The van der Waals surface area contributed by atoms with Gasteiger partial charge in [0.2, 0.25) is 5.28 Å². The molecule has 3 rings (SSSR count). The quantitative estimate of drug-likeness (QED) is 0.854. The Bertz CT molecular complexity index is 674. The van der Waals surface area contributed by atoms with Crippen LogP contribution in [0.4, 0.5) is 0 Å². The van der Waals surface area contributed by atoms with E-state index in [-0.39, 0.29) is 10.8 Å². The average molecular weight is 278 g/mol. The Labute approximate surface area is 116 Å². The van der Waals surface area contributed by atoms with E-state index >= 15 is 0 Å². The van der Waals surface area contributed by atoms with E-state index < -0.39 is 0 Å². The fourth-order valence-corrected chi connectivity index (χ4v) is 2.83. The zero-order valence-corrected chi connectivity index (χ0v) is 11.6. The Balaban J connectivity index is 2.09. The summed E-state index contributed by atoms with van der Waals surface area (Å²) in [6.07, 6.45) is 1.08. The van der Waals surface area contributed by atoms with Gasteiger partial charge in [-0.2, -0.15) is 0 Å². The number of nitrogens with zero attached hydrogens (tertiary/aromatic N) is 2. The van der Waals surface area contributed by atoms with Gasteiger partial charge in [0.15, 0.2) is 0 Å². The average Bonchev–Trinajstić information content (AvgIpc) is 2.87. The molecule has 0 bridgehead atoms. The SMILES string of the molecule is Cc1ccc2c(=O)n(CC3CCNC3)c(Cl)nc2c1. The van der Waals surface area contributed by atoms with E-state index in [4.69, 9.17) is 11.6 Å². The van der Waals surface area contributed by atoms with Gasteiger partial charge in [-0.1, -0.05) is 6.07 Å². The number of nitrogens with one attached hydrogen (secondary N) is 1. The number of benzene rings is 1. The van der Waals surface area contributed by atoms with Crippen LogP contribution in [0.1, 0.15) is 12.0 Å². The Morgan fingerprint density at radius 2 is 2.37 bits per heavy atom. The molecular formula is C14H16ClN3O. The highest BCUT2D eigenvalue weighted by Crippen LogP contribution is 2.16. The molecule has 0 amide bonds. The molecule has 100 valence electrons. The molecule has 0 saturated carbocycles. The monoisotopic (exact) mass is 277 g/mol. The van der Waals surface area contributed by atoms with Crippen LogP contribution in [0, 0.1) is 12.8 Å². The van der Waals surface area contributed by atoms with Crippen molar-refractivity contribution in [3.05, 3.63) is 39.4 Å². The van der Waals surface area contributed by atoms with Crippen LogP contribution in [-0.2, 0) is 6.54 Å². The van der Waals surface area contributed by atoms with Crippen LogP contribution in [0.3, 0.4) is 0 Å². The first-order valence-corrected chi connectivity index (χ1v) is 6.90. The first-order chi connectivity index (χ1) is 9.15. The van der Waals surface area contributed by atoms with Gasteiger partial charge in [0, 0.05) is 6.54 Å². The molecular weight excluding hydrogens is 262 g/mol. The van der Waals surface area contributed by atoms with E-state index in [9.17, 15) is 4.79 Å². The summed E-state index contributed by atoms with van der Waals surface area (Å²) in [4.78, 5) is 16.8. The number of aryl methyl sites for hydroxylation is 1. The number of fused-ring (bicyclic) bond motifs is 1. The van der Waals surface area contributed by atoms with Crippen molar-refractivity contribution in [3.63, 3.8) is 0 Å². The van der Waals surface area contributed by atoms with Crippen LogP contribution >= 0.6 is 11.6 Å². The molecule has 1 unspecified atom stereocenters. The second-order valence-corrected chi connectivity index (χ2v) is 5.51. The van der Waals surface area contributed by atoms with E-state index in [1.165, 1.54) is 0 Å². The summed E-state index contributed by atoms with van der Waals surface area (Å²) < 4.78 is 1.59. The second kappa shape index (κ2) is 4.94. The van der Waals surface area contributed by atoms with Crippen LogP contribution in [0.5, 0.6) is 0 Å². The van der Waals surface area contributed by atoms with Crippen molar-refractivity contribution in [2.24, 2.45) is 5.92 Å². The third kappa shape index (κ3) is 2.38.